The van der Waals surface area contributed by atoms with Crippen molar-refractivity contribution < 1.29 is 5.11 Å². The van der Waals surface area contributed by atoms with Crippen LogP contribution in [0.1, 0.15) is 19.0 Å². The van der Waals surface area contributed by atoms with Gasteiger partial charge in [-0.3, -0.25) is 4.98 Å². The largest absolute Gasteiger partial charge is 0.393 e. The van der Waals surface area contributed by atoms with E-state index in [2.05, 4.69) is 21.8 Å². The van der Waals surface area contributed by atoms with Gasteiger partial charge in [0.1, 0.15) is 0 Å². The van der Waals surface area contributed by atoms with Crippen molar-refractivity contribution >= 4 is 5.82 Å². The van der Waals surface area contributed by atoms with E-state index in [1.807, 2.05) is 0 Å². The van der Waals surface area contributed by atoms with Crippen molar-refractivity contribution in [1.82, 2.24) is 9.97 Å². The fourth-order valence-electron chi connectivity index (χ4n) is 2.09. The monoisotopic (exact) mass is 222 g/mol. The Labute approximate surface area is 95.3 Å². The molecule has 0 radical (unpaired) electrons. The number of hydrogen-bond donors (Lipinski definition) is 2. The van der Waals surface area contributed by atoms with Gasteiger partial charge in [-0.15, -0.1) is 0 Å². The maximum absolute atomic E-state index is 9.68. The van der Waals surface area contributed by atoms with E-state index in [0.717, 1.165) is 31.0 Å². The maximum Gasteiger partial charge on any atom is 0.151 e. The average Bonchev–Trinajstić information content (AvgIpc) is 2.32. The number of nitrogens with zero attached hydrogens (tertiary/aromatic N) is 3. The van der Waals surface area contributed by atoms with Crippen LogP contribution in [0.3, 0.4) is 0 Å². The number of aliphatic hydroxyl groups is 1. The quantitative estimate of drug-likeness (QED) is 0.744. The molecule has 0 aromatic carbocycles. The Morgan fingerprint density at radius 2 is 2.25 bits per heavy atom. The summed E-state index contributed by atoms with van der Waals surface area (Å²) in [4.78, 5) is 10.7. The number of nitrogens with two attached hydrogens (primary N) is 1. The molecule has 88 valence electrons. The molecule has 1 aliphatic rings. The molecule has 3 N–H and O–H groups in total. The van der Waals surface area contributed by atoms with Crippen LogP contribution in [0.15, 0.2) is 12.4 Å². The Kier molecular flexibility index (Phi) is 3.36. The molecule has 0 spiro atoms. The molecule has 2 atom stereocenters. The second kappa shape index (κ2) is 4.76. The third-order valence-corrected chi connectivity index (χ3v) is 3.10. The van der Waals surface area contributed by atoms with Crippen molar-refractivity contribution in [3.63, 3.8) is 0 Å². The molecule has 16 heavy (non-hydrogen) atoms. The van der Waals surface area contributed by atoms with E-state index in [9.17, 15) is 5.11 Å². The second-order valence-electron chi connectivity index (χ2n) is 4.31. The number of hydrogen-bond acceptors (Lipinski definition) is 5. The summed E-state index contributed by atoms with van der Waals surface area (Å²) in [6, 6.07) is 0. The molecule has 5 heteroatoms. The minimum Gasteiger partial charge on any atom is -0.393 e. The fourth-order valence-corrected chi connectivity index (χ4v) is 2.09. The summed E-state index contributed by atoms with van der Waals surface area (Å²) in [5.41, 5.74) is 6.47. The Morgan fingerprint density at radius 3 is 2.94 bits per heavy atom. The Hall–Kier alpha value is -1.20. The zero-order valence-electron chi connectivity index (χ0n) is 9.50. The van der Waals surface area contributed by atoms with E-state index >= 15 is 0 Å². The van der Waals surface area contributed by atoms with Gasteiger partial charge in [-0.05, 0) is 12.3 Å². The second-order valence-corrected chi connectivity index (χ2v) is 4.31. The first kappa shape index (κ1) is 11.3. The summed E-state index contributed by atoms with van der Waals surface area (Å²) in [5.74, 6) is 1.13. The van der Waals surface area contributed by atoms with Crippen molar-refractivity contribution in [2.24, 2.45) is 11.7 Å². The van der Waals surface area contributed by atoms with Crippen LogP contribution in [0.25, 0.3) is 0 Å². The molecule has 1 fully saturated rings. The molecule has 1 aromatic rings. The molecule has 1 aromatic heterocycles. The van der Waals surface area contributed by atoms with Gasteiger partial charge in [0.2, 0.25) is 0 Å². The molecule has 5 nitrogen and oxygen atoms in total. The van der Waals surface area contributed by atoms with E-state index in [0.29, 0.717) is 6.54 Å². The molecular formula is C11H18N4O. The molecular weight excluding hydrogens is 204 g/mol. The number of aliphatic hydroxyl groups excluding tert-OH is 1. The topological polar surface area (TPSA) is 75.3 Å². The van der Waals surface area contributed by atoms with Crippen LogP contribution < -0.4 is 10.6 Å². The van der Waals surface area contributed by atoms with Gasteiger partial charge in [-0.2, -0.15) is 0 Å². The van der Waals surface area contributed by atoms with Gasteiger partial charge in [-0.25, -0.2) is 4.98 Å². The van der Waals surface area contributed by atoms with Crippen LogP contribution >= 0.6 is 0 Å². The van der Waals surface area contributed by atoms with Crippen molar-refractivity contribution in [3.05, 3.63) is 18.1 Å². The third kappa shape index (κ3) is 2.15. The Bertz CT molecular complexity index is 358. The van der Waals surface area contributed by atoms with Gasteiger partial charge in [0, 0.05) is 32.0 Å². The normalized spacial score (nSPS) is 25.8. The summed E-state index contributed by atoms with van der Waals surface area (Å²) in [6.07, 6.45) is 3.93. The highest BCUT2D eigenvalue weighted by atomic mass is 16.3. The Balaban J connectivity index is 2.18. The van der Waals surface area contributed by atoms with Gasteiger partial charge in [0.05, 0.1) is 11.8 Å². The van der Waals surface area contributed by atoms with Crippen molar-refractivity contribution in [2.75, 3.05) is 18.0 Å². The summed E-state index contributed by atoms with van der Waals surface area (Å²) in [5, 5.41) is 9.68. The lowest BCUT2D eigenvalue weighted by molar-refractivity contribution is 0.0968. The summed E-state index contributed by atoms with van der Waals surface area (Å²) >= 11 is 0. The van der Waals surface area contributed by atoms with Crippen molar-refractivity contribution in [2.45, 2.75) is 26.0 Å². The van der Waals surface area contributed by atoms with E-state index in [1.54, 1.807) is 12.4 Å². The Morgan fingerprint density at radius 1 is 1.50 bits per heavy atom. The highest BCUT2D eigenvalue weighted by Gasteiger charge is 2.26. The SMILES string of the molecule is CC1CN(c2nccnc2CN)CCC1O. The first-order valence-electron chi connectivity index (χ1n) is 5.65. The number of aromatic nitrogens is 2. The minimum absolute atomic E-state index is 0.200. The van der Waals surface area contributed by atoms with Crippen LogP contribution in [-0.4, -0.2) is 34.3 Å². The van der Waals surface area contributed by atoms with Gasteiger partial charge in [-0.1, -0.05) is 6.92 Å². The third-order valence-electron chi connectivity index (χ3n) is 3.10. The van der Waals surface area contributed by atoms with Gasteiger partial charge in [0.25, 0.3) is 0 Å². The van der Waals surface area contributed by atoms with E-state index in [4.69, 9.17) is 5.73 Å². The molecule has 1 aliphatic heterocycles. The average molecular weight is 222 g/mol. The standard InChI is InChI=1S/C11H18N4O/c1-8-7-15(5-2-10(8)16)11-9(6-12)13-3-4-14-11/h3-4,8,10,16H,2,5-7,12H2,1H3. The minimum atomic E-state index is -0.200. The lowest BCUT2D eigenvalue weighted by Gasteiger charge is -2.35. The highest BCUT2D eigenvalue weighted by molar-refractivity contribution is 5.43. The van der Waals surface area contributed by atoms with Gasteiger partial charge >= 0.3 is 0 Å². The predicted octanol–water partition coefficient (Wildman–Crippen LogP) is 0.142. The molecule has 0 bridgehead atoms. The zero-order valence-corrected chi connectivity index (χ0v) is 9.50. The first-order valence-corrected chi connectivity index (χ1v) is 5.65. The smallest absolute Gasteiger partial charge is 0.151 e. The van der Waals surface area contributed by atoms with Gasteiger partial charge < -0.3 is 15.7 Å². The molecule has 1 saturated heterocycles. The fraction of sp³-hybridized carbons (Fsp3) is 0.636. The molecule has 0 amide bonds. The maximum atomic E-state index is 9.68. The lowest BCUT2D eigenvalue weighted by atomic mass is 9.97. The molecule has 2 heterocycles. The number of piperidine rings is 1. The van der Waals surface area contributed by atoms with Gasteiger partial charge in [0.15, 0.2) is 5.82 Å². The molecule has 2 unspecified atom stereocenters. The summed E-state index contributed by atoms with van der Waals surface area (Å²) in [6.45, 7) is 4.08. The van der Waals surface area contributed by atoms with E-state index < -0.39 is 0 Å². The zero-order chi connectivity index (χ0) is 11.5. The summed E-state index contributed by atoms with van der Waals surface area (Å²) < 4.78 is 0. The van der Waals surface area contributed by atoms with Crippen LogP contribution in [-0.2, 0) is 6.54 Å². The van der Waals surface area contributed by atoms with Crippen molar-refractivity contribution in [3.8, 4) is 0 Å². The summed E-state index contributed by atoms with van der Waals surface area (Å²) in [7, 11) is 0. The number of anilines is 1. The first-order chi connectivity index (χ1) is 7.72. The molecule has 0 saturated carbocycles. The van der Waals surface area contributed by atoms with Crippen molar-refractivity contribution in [1.29, 1.82) is 0 Å². The van der Waals surface area contributed by atoms with E-state index in [1.165, 1.54) is 0 Å². The lowest BCUT2D eigenvalue weighted by Crippen LogP contribution is -2.42. The highest BCUT2D eigenvalue weighted by Crippen LogP contribution is 2.23. The molecule has 0 aliphatic carbocycles. The van der Waals surface area contributed by atoms with Crippen LogP contribution in [0.5, 0.6) is 0 Å². The van der Waals surface area contributed by atoms with Crippen LogP contribution in [0.4, 0.5) is 5.82 Å². The van der Waals surface area contributed by atoms with Crippen LogP contribution in [0.2, 0.25) is 0 Å². The number of rotatable bonds is 2. The molecule has 2 rings (SSSR count). The predicted molar refractivity (Wildman–Crippen MR) is 61.9 cm³/mol. The van der Waals surface area contributed by atoms with E-state index in [-0.39, 0.29) is 12.0 Å². The van der Waals surface area contributed by atoms with Crippen LogP contribution in [0, 0.1) is 5.92 Å².